The Morgan fingerprint density at radius 2 is 1.33 bits per heavy atom. The molecule has 0 rings (SSSR count). The van der Waals surface area contributed by atoms with E-state index in [1.54, 1.807) is 0 Å². The standard InChI is InChI=1S/K.N3.NO3.Na/c;1-3-2;2-1(3)4;/q+1;2*-1;+1. The summed E-state index contributed by atoms with van der Waals surface area (Å²) in [5, 5.41) is 14.8. The maximum Gasteiger partial charge on any atom is 1.00 e. The van der Waals surface area contributed by atoms with Gasteiger partial charge in [-0.3, -0.25) is 4.91 Å². The summed E-state index contributed by atoms with van der Waals surface area (Å²) in [6, 6.07) is 0. The van der Waals surface area contributed by atoms with Crippen molar-refractivity contribution in [3.05, 3.63) is 31.3 Å². The summed E-state index contributed by atoms with van der Waals surface area (Å²) in [6.07, 6.45) is 0. The monoisotopic (exact) mass is 166 g/mol. The van der Waals surface area contributed by atoms with Crippen LogP contribution in [0.25, 0.3) is 16.0 Å². The van der Waals surface area contributed by atoms with Gasteiger partial charge in [-0.2, -0.15) is 0 Å². The van der Waals surface area contributed by atoms with Crippen molar-refractivity contribution in [3.8, 4) is 0 Å². The molecular formula is KN4NaO3. The Morgan fingerprint density at radius 1 is 1.33 bits per heavy atom. The summed E-state index contributed by atoms with van der Waals surface area (Å²) in [7, 11) is 0. The molecule has 0 spiro atoms. The van der Waals surface area contributed by atoms with Crippen LogP contribution in [0.3, 0.4) is 0 Å². The van der Waals surface area contributed by atoms with E-state index in [-0.39, 0.29) is 80.9 Å². The molecular weight excluding hydrogens is 166 g/mol. The molecule has 7 nitrogen and oxygen atoms in total. The van der Waals surface area contributed by atoms with E-state index in [4.69, 9.17) is 26.4 Å². The maximum atomic E-state index is 8.25. The molecule has 0 aromatic rings. The van der Waals surface area contributed by atoms with E-state index >= 15 is 0 Å². The molecule has 0 saturated heterocycles. The zero-order valence-electron chi connectivity index (χ0n) is 5.01. The molecule has 0 aromatic heterocycles. The van der Waals surface area contributed by atoms with Gasteiger partial charge in [-0.15, -0.1) is 0 Å². The van der Waals surface area contributed by atoms with E-state index in [2.05, 4.69) is 0 Å². The molecule has 0 bridgehead atoms. The normalized spacial score (nSPS) is 3.56. The van der Waals surface area contributed by atoms with Gasteiger partial charge in [0, 0.05) is 0 Å². The third kappa shape index (κ3) is 355. The first-order valence-electron chi connectivity index (χ1n) is 0.948. The van der Waals surface area contributed by atoms with Crippen molar-refractivity contribution < 1.29 is 86.0 Å². The summed E-state index contributed by atoms with van der Waals surface area (Å²) in [5.74, 6) is 0. The van der Waals surface area contributed by atoms with Crippen molar-refractivity contribution >= 4 is 0 Å². The van der Waals surface area contributed by atoms with Crippen molar-refractivity contribution in [2.45, 2.75) is 0 Å². The van der Waals surface area contributed by atoms with Gasteiger partial charge in [0.1, 0.15) is 0 Å². The average molecular weight is 166 g/mol. The summed E-state index contributed by atoms with van der Waals surface area (Å²) in [5.41, 5.74) is 13.5. The molecule has 0 aliphatic rings. The second-order valence-corrected chi connectivity index (χ2v) is 0.313. The maximum absolute atomic E-state index is 8.25. The van der Waals surface area contributed by atoms with Gasteiger partial charge in [0.2, 0.25) is 0 Å². The summed E-state index contributed by atoms with van der Waals surface area (Å²) in [4.78, 5) is 9.75. The van der Waals surface area contributed by atoms with Gasteiger partial charge in [-0.25, -0.2) is 0 Å². The van der Waals surface area contributed by atoms with Crippen LogP contribution in [0, 0.1) is 15.3 Å². The van der Waals surface area contributed by atoms with Crippen molar-refractivity contribution in [1.82, 2.24) is 0 Å². The molecule has 0 aliphatic heterocycles. The molecule has 0 aromatic carbocycles. The van der Waals surface area contributed by atoms with Crippen molar-refractivity contribution in [3.63, 3.8) is 0 Å². The molecule has 0 saturated carbocycles. The quantitative estimate of drug-likeness (QED) is 0.0890. The Kier molecular flexibility index (Phi) is 57.2. The molecule has 0 heterocycles. The van der Waals surface area contributed by atoms with Crippen molar-refractivity contribution in [2.75, 3.05) is 0 Å². The zero-order valence-corrected chi connectivity index (χ0v) is 10.1. The molecule has 9 heteroatoms. The molecule has 0 aliphatic carbocycles. The summed E-state index contributed by atoms with van der Waals surface area (Å²) < 4.78 is 0. The minimum atomic E-state index is -1.75. The molecule has 0 fully saturated rings. The first-order chi connectivity index (χ1) is 3.15. The van der Waals surface area contributed by atoms with Crippen LogP contribution >= 0.6 is 0 Å². The predicted molar refractivity (Wildman–Crippen MR) is 20.4 cm³/mol. The van der Waals surface area contributed by atoms with Gasteiger partial charge in [0.25, 0.3) is 0 Å². The molecule has 0 N–H and O–H groups in total. The predicted octanol–water partition coefficient (Wildman–Crippen LogP) is -5.37. The largest absolute Gasteiger partial charge is 1.00 e. The van der Waals surface area contributed by atoms with Crippen LogP contribution in [0.5, 0.6) is 0 Å². The van der Waals surface area contributed by atoms with Gasteiger partial charge < -0.3 is 26.4 Å². The van der Waals surface area contributed by atoms with E-state index in [0.717, 1.165) is 0 Å². The number of nitrogens with zero attached hydrogens (tertiary/aromatic N) is 4. The third-order valence-corrected chi connectivity index (χ3v) is 0. The van der Waals surface area contributed by atoms with E-state index < -0.39 is 5.09 Å². The van der Waals surface area contributed by atoms with Gasteiger partial charge in [0.15, 0.2) is 0 Å². The van der Waals surface area contributed by atoms with Gasteiger partial charge >= 0.3 is 80.9 Å². The fourth-order valence-corrected chi connectivity index (χ4v) is 0. The van der Waals surface area contributed by atoms with E-state index in [0.29, 0.717) is 0 Å². The Hall–Kier alpha value is 1.15. The van der Waals surface area contributed by atoms with Crippen LogP contribution in [0.1, 0.15) is 0 Å². The van der Waals surface area contributed by atoms with Gasteiger partial charge in [0.05, 0.1) is 5.09 Å². The molecule has 0 unspecified atom stereocenters. The Morgan fingerprint density at radius 3 is 1.33 bits per heavy atom. The van der Waals surface area contributed by atoms with Crippen LogP contribution in [-0.2, 0) is 0 Å². The number of rotatable bonds is 0. The second-order valence-electron chi connectivity index (χ2n) is 0.313. The SMILES string of the molecule is O=[N+]([O-])[O-].[K+].[N-]=[N+]=[N-].[Na+]. The van der Waals surface area contributed by atoms with E-state index in [9.17, 15) is 0 Å². The van der Waals surface area contributed by atoms with Crippen molar-refractivity contribution in [2.24, 2.45) is 0 Å². The van der Waals surface area contributed by atoms with Crippen LogP contribution in [-0.4, -0.2) is 5.09 Å². The van der Waals surface area contributed by atoms with Crippen molar-refractivity contribution in [1.29, 1.82) is 0 Å². The minimum absolute atomic E-state index is 0. The average Bonchev–Trinajstić information content (AvgIpc) is 1.33. The summed E-state index contributed by atoms with van der Waals surface area (Å²) in [6.45, 7) is 0. The minimum Gasteiger partial charge on any atom is -0.373 e. The molecule has 40 valence electrons. The summed E-state index contributed by atoms with van der Waals surface area (Å²) >= 11 is 0. The van der Waals surface area contributed by atoms with Gasteiger partial charge in [-0.05, 0) is 0 Å². The fourth-order valence-electron chi connectivity index (χ4n) is 0. The Balaban J connectivity index is -0.0000000233. The third-order valence-electron chi connectivity index (χ3n) is 0. The molecule has 0 atom stereocenters. The van der Waals surface area contributed by atoms with E-state index in [1.807, 2.05) is 0 Å². The number of hydrogen-bond acceptors (Lipinski definition) is 3. The van der Waals surface area contributed by atoms with Crippen LogP contribution in [0.4, 0.5) is 0 Å². The molecule has 9 heavy (non-hydrogen) atoms. The van der Waals surface area contributed by atoms with Crippen LogP contribution < -0.4 is 80.9 Å². The second kappa shape index (κ2) is 22.9. The van der Waals surface area contributed by atoms with Crippen LogP contribution in [0.15, 0.2) is 0 Å². The van der Waals surface area contributed by atoms with E-state index in [1.165, 1.54) is 4.91 Å². The van der Waals surface area contributed by atoms with Gasteiger partial charge in [-0.1, -0.05) is 0 Å². The number of hydrogen-bond donors (Lipinski definition) is 0. The van der Waals surface area contributed by atoms with Crippen LogP contribution in [0.2, 0.25) is 0 Å². The first kappa shape index (κ1) is 22.5. The first-order valence-corrected chi connectivity index (χ1v) is 0.948. The zero-order chi connectivity index (χ0) is 6.28. The smallest absolute Gasteiger partial charge is 0.373 e. The fraction of sp³-hybridized carbons (Fsp3) is 0. The topological polar surface area (TPSA) is 125 Å². The molecule has 0 amide bonds. The molecule has 0 radical (unpaired) electrons. The Labute approximate surface area is 115 Å². The Bertz CT molecular complexity index is 83.8.